The minimum atomic E-state index is -0.402. The summed E-state index contributed by atoms with van der Waals surface area (Å²) in [5.41, 5.74) is 8.99. The molecule has 0 saturated carbocycles. The van der Waals surface area contributed by atoms with E-state index in [1.54, 1.807) is 19.1 Å². The minimum absolute atomic E-state index is 0.321. The number of hydrogen-bond acceptors (Lipinski definition) is 2. The van der Waals surface area contributed by atoms with Crippen molar-refractivity contribution >= 4 is 0 Å². The van der Waals surface area contributed by atoms with Crippen LogP contribution < -0.4 is 10.5 Å². The number of halogens is 1. The molecule has 0 radical (unpaired) electrons. The molecule has 104 valence electrons. The van der Waals surface area contributed by atoms with Crippen LogP contribution in [0.15, 0.2) is 36.4 Å². The third kappa shape index (κ3) is 2.41. The van der Waals surface area contributed by atoms with Crippen molar-refractivity contribution in [1.82, 2.24) is 0 Å². The SMILES string of the molecule is C[C@@H](N)c1c(F)cccc1Oc1ccc2c(c1)CCC2. The van der Waals surface area contributed by atoms with Crippen LogP contribution in [-0.4, -0.2) is 0 Å². The highest BCUT2D eigenvalue weighted by Gasteiger charge is 2.16. The second kappa shape index (κ2) is 5.25. The van der Waals surface area contributed by atoms with Crippen molar-refractivity contribution in [2.45, 2.75) is 32.2 Å². The summed E-state index contributed by atoms with van der Waals surface area (Å²) in [5.74, 6) is 0.926. The van der Waals surface area contributed by atoms with Gasteiger partial charge in [-0.25, -0.2) is 4.39 Å². The molecule has 3 heteroatoms. The van der Waals surface area contributed by atoms with Crippen molar-refractivity contribution < 1.29 is 9.13 Å². The van der Waals surface area contributed by atoms with Gasteiger partial charge >= 0.3 is 0 Å². The van der Waals surface area contributed by atoms with Gasteiger partial charge in [0.05, 0.1) is 0 Å². The number of hydrogen-bond donors (Lipinski definition) is 1. The first kappa shape index (κ1) is 13.1. The predicted octanol–water partition coefficient (Wildman–Crippen LogP) is 4.13. The molecule has 0 aliphatic heterocycles. The lowest BCUT2D eigenvalue weighted by molar-refractivity contribution is 0.460. The first-order chi connectivity index (χ1) is 9.65. The Kier molecular flexibility index (Phi) is 3.45. The summed E-state index contributed by atoms with van der Waals surface area (Å²) in [4.78, 5) is 0. The average Bonchev–Trinajstić information content (AvgIpc) is 2.85. The standard InChI is InChI=1S/C17H18FNO/c1-11(19)17-15(18)6-3-7-16(17)20-14-9-8-12-4-2-5-13(12)10-14/h3,6-11H,2,4-5,19H2,1H3/t11-/m1/s1. The highest BCUT2D eigenvalue weighted by Crippen LogP contribution is 2.33. The topological polar surface area (TPSA) is 35.2 Å². The largest absolute Gasteiger partial charge is 0.457 e. The van der Waals surface area contributed by atoms with Gasteiger partial charge in [-0.2, -0.15) is 0 Å². The van der Waals surface area contributed by atoms with E-state index in [-0.39, 0.29) is 5.82 Å². The maximum absolute atomic E-state index is 13.9. The molecule has 0 amide bonds. The average molecular weight is 271 g/mol. The molecule has 2 nitrogen and oxygen atoms in total. The Hall–Kier alpha value is -1.87. The van der Waals surface area contributed by atoms with Gasteiger partial charge in [0, 0.05) is 11.6 Å². The maximum atomic E-state index is 13.9. The van der Waals surface area contributed by atoms with Crippen LogP contribution in [0.4, 0.5) is 4.39 Å². The van der Waals surface area contributed by atoms with Gasteiger partial charge in [-0.1, -0.05) is 12.1 Å². The van der Waals surface area contributed by atoms with E-state index in [0.717, 1.165) is 18.6 Å². The normalized spacial score (nSPS) is 14.9. The summed E-state index contributed by atoms with van der Waals surface area (Å²) in [5, 5.41) is 0. The van der Waals surface area contributed by atoms with E-state index in [9.17, 15) is 4.39 Å². The fourth-order valence-corrected chi connectivity index (χ4v) is 2.79. The summed E-state index contributed by atoms with van der Waals surface area (Å²) in [6.07, 6.45) is 3.43. The fourth-order valence-electron chi connectivity index (χ4n) is 2.79. The second-order valence-corrected chi connectivity index (χ2v) is 5.33. The number of benzene rings is 2. The van der Waals surface area contributed by atoms with E-state index in [1.165, 1.54) is 23.6 Å². The van der Waals surface area contributed by atoms with E-state index in [2.05, 4.69) is 12.1 Å². The van der Waals surface area contributed by atoms with Crippen LogP contribution in [-0.2, 0) is 12.8 Å². The number of rotatable bonds is 3. The number of ether oxygens (including phenoxy) is 1. The second-order valence-electron chi connectivity index (χ2n) is 5.33. The Bertz CT molecular complexity index is 637. The fraction of sp³-hybridized carbons (Fsp3) is 0.294. The summed E-state index contributed by atoms with van der Waals surface area (Å²) < 4.78 is 19.7. The van der Waals surface area contributed by atoms with Crippen molar-refractivity contribution in [3.63, 3.8) is 0 Å². The van der Waals surface area contributed by atoms with Gasteiger partial charge in [0.1, 0.15) is 17.3 Å². The number of aryl methyl sites for hydroxylation is 2. The Balaban J connectivity index is 1.93. The molecular formula is C17H18FNO. The summed E-state index contributed by atoms with van der Waals surface area (Å²) in [7, 11) is 0. The predicted molar refractivity (Wildman–Crippen MR) is 77.5 cm³/mol. The first-order valence-corrected chi connectivity index (χ1v) is 6.99. The third-order valence-corrected chi connectivity index (χ3v) is 3.77. The molecule has 2 N–H and O–H groups in total. The zero-order valence-electron chi connectivity index (χ0n) is 11.5. The molecule has 1 atom stereocenters. The lowest BCUT2D eigenvalue weighted by atomic mass is 10.1. The Morgan fingerprint density at radius 3 is 2.75 bits per heavy atom. The Morgan fingerprint density at radius 1 is 1.15 bits per heavy atom. The van der Waals surface area contributed by atoms with E-state index >= 15 is 0 Å². The van der Waals surface area contributed by atoms with Crippen LogP contribution in [0.25, 0.3) is 0 Å². The Labute approximate surface area is 118 Å². The smallest absolute Gasteiger partial charge is 0.135 e. The van der Waals surface area contributed by atoms with Crippen molar-refractivity contribution in [2.24, 2.45) is 5.73 Å². The summed E-state index contributed by atoms with van der Waals surface area (Å²) in [6, 6.07) is 10.5. The summed E-state index contributed by atoms with van der Waals surface area (Å²) in [6.45, 7) is 1.76. The molecular weight excluding hydrogens is 253 g/mol. The molecule has 0 bridgehead atoms. The molecule has 0 spiro atoms. The molecule has 3 rings (SSSR count). The zero-order valence-corrected chi connectivity index (χ0v) is 11.5. The number of nitrogens with two attached hydrogens (primary N) is 1. The van der Waals surface area contributed by atoms with Gasteiger partial charge in [0.2, 0.25) is 0 Å². The molecule has 1 aliphatic carbocycles. The van der Waals surface area contributed by atoms with E-state index < -0.39 is 6.04 Å². The van der Waals surface area contributed by atoms with Crippen molar-refractivity contribution in [3.05, 3.63) is 58.9 Å². The van der Waals surface area contributed by atoms with Crippen LogP contribution in [0.1, 0.15) is 36.1 Å². The molecule has 0 saturated heterocycles. The van der Waals surface area contributed by atoms with E-state index in [4.69, 9.17) is 10.5 Å². The maximum Gasteiger partial charge on any atom is 0.135 e. The highest BCUT2D eigenvalue weighted by molar-refractivity contribution is 5.43. The Morgan fingerprint density at radius 2 is 1.95 bits per heavy atom. The molecule has 20 heavy (non-hydrogen) atoms. The van der Waals surface area contributed by atoms with Gasteiger partial charge in [-0.3, -0.25) is 0 Å². The molecule has 0 heterocycles. The lowest BCUT2D eigenvalue weighted by Crippen LogP contribution is -2.09. The van der Waals surface area contributed by atoms with Crippen LogP contribution >= 0.6 is 0 Å². The number of fused-ring (bicyclic) bond motifs is 1. The molecule has 1 aliphatic rings. The van der Waals surface area contributed by atoms with Crippen LogP contribution in [0.5, 0.6) is 11.5 Å². The third-order valence-electron chi connectivity index (χ3n) is 3.77. The van der Waals surface area contributed by atoms with Gasteiger partial charge in [-0.05, 0) is 61.6 Å². The molecule has 0 unspecified atom stereocenters. The lowest BCUT2D eigenvalue weighted by Gasteiger charge is -2.15. The van der Waals surface area contributed by atoms with Crippen molar-refractivity contribution in [2.75, 3.05) is 0 Å². The van der Waals surface area contributed by atoms with Crippen molar-refractivity contribution in [1.29, 1.82) is 0 Å². The van der Waals surface area contributed by atoms with Crippen LogP contribution in [0.2, 0.25) is 0 Å². The van der Waals surface area contributed by atoms with Crippen LogP contribution in [0, 0.1) is 5.82 Å². The monoisotopic (exact) mass is 271 g/mol. The van der Waals surface area contributed by atoms with Gasteiger partial charge in [0.15, 0.2) is 0 Å². The quantitative estimate of drug-likeness (QED) is 0.911. The molecule has 2 aromatic rings. The van der Waals surface area contributed by atoms with Gasteiger partial charge in [0.25, 0.3) is 0 Å². The summed E-state index contributed by atoms with van der Waals surface area (Å²) >= 11 is 0. The molecule has 0 fully saturated rings. The highest BCUT2D eigenvalue weighted by atomic mass is 19.1. The minimum Gasteiger partial charge on any atom is -0.457 e. The zero-order chi connectivity index (χ0) is 14.1. The van der Waals surface area contributed by atoms with Crippen molar-refractivity contribution in [3.8, 4) is 11.5 Å². The van der Waals surface area contributed by atoms with Crippen LogP contribution in [0.3, 0.4) is 0 Å². The molecule has 2 aromatic carbocycles. The molecule has 0 aromatic heterocycles. The van der Waals surface area contributed by atoms with E-state index in [0.29, 0.717) is 11.3 Å². The van der Waals surface area contributed by atoms with Gasteiger partial charge < -0.3 is 10.5 Å². The first-order valence-electron chi connectivity index (χ1n) is 6.99. The van der Waals surface area contributed by atoms with Gasteiger partial charge in [-0.15, -0.1) is 0 Å². The van der Waals surface area contributed by atoms with E-state index in [1.807, 2.05) is 6.07 Å².